The minimum atomic E-state index is -0.577. The largest absolute Gasteiger partial charge is 0.444 e. The minimum Gasteiger partial charge on any atom is -0.444 e. The molecule has 0 aliphatic rings. The van der Waals surface area contributed by atoms with Gasteiger partial charge in [0.2, 0.25) is 0 Å². The molecule has 0 spiro atoms. The zero-order chi connectivity index (χ0) is 22.3. The number of nitrogens with one attached hydrogen (secondary N) is 1. The highest BCUT2D eigenvalue weighted by atomic mass is 35.5. The fourth-order valence-electron chi connectivity index (χ4n) is 3.13. The van der Waals surface area contributed by atoms with Gasteiger partial charge in [0.25, 0.3) is 0 Å². The number of amides is 1. The summed E-state index contributed by atoms with van der Waals surface area (Å²) >= 11 is 6.50. The van der Waals surface area contributed by atoms with E-state index in [-0.39, 0.29) is 6.54 Å². The van der Waals surface area contributed by atoms with Crippen molar-refractivity contribution in [3.05, 3.63) is 107 Å². The minimum absolute atomic E-state index is 0.252. The summed E-state index contributed by atoms with van der Waals surface area (Å²) in [6.45, 7) is 5.75. The summed E-state index contributed by atoms with van der Waals surface area (Å²) in [6.07, 6.45) is -0.485. The number of rotatable bonds is 6. The van der Waals surface area contributed by atoms with E-state index in [1.54, 1.807) is 0 Å². The normalized spacial score (nSPS) is 12.0. The lowest BCUT2D eigenvalue weighted by atomic mass is 10.0. The number of hydrogen-bond donors (Lipinski definition) is 1. The number of ether oxygens (including phenoxy) is 1. The molecule has 160 valence electrons. The molecule has 5 heteroatoms. The van der Waals surface area contributed by atoms with Gasteiger partial charge in [0.05, 0.1) is 11.8 Å². The lowest BCUT2D eigenvalue weighted by Gasteiger charge is -2.22. The average Bonchev–Trinajstić information content (AvgIpc) is 2.75. The smallest absolute Gasteiger partial charge is 0.407 e. The van der Waals surface area contributed by atoms with Gasteiger partial charge in [-0.2, -0.15) is 0 Å². The maximum absolute atomic E-state index is 12.3. The van der Waals surface area contributed by atoms with Crippen molar-refractivity contribution < 1.29 is 9.53 Å². The molecule has 3 aromatic carbocycles. The number of hydrogen-bond acceptors (Lipinski definition) is 3. The Morgan fingerprint density at radius 2 is 1.42 bits per heavy atom. The topological polar surface area (TPSA) is 50.7 Å². The number of carbonyl (C=O) groups is 1. The maximum atomic E-state index is 12.3. The van der Waals surface area contributed by atoms with Gasteiger partial charge in [-0.15, -0.1) is 0 Å². The lowest BCUT2D eigenvalue weighted by Crippen LogP contribution is -2.34. The monoisotopic (exact) mass is 434 g/mol. The van der Waals surface area contributed by atoms with E-state index in [1.807, 2.05) is 106 Å². The molecule has 4 nitrogen and oxygen atoms in total. The van der Waals surface area contributed by atoms with E-state index < -0.39 is 17.7 Å². The standard InChI is InChI=1S/C26H27ClN2O2/c1-26(2,3)31-25(30)28-18-23(21-16-10-11-17-22(21)27)29-24(19-12-6-4-7-13-19)20-14-8-5-9-15-20/h4-17,23H,18H2,1-3H3,(H,28,30)/t23-/m0/s1. The molecule has 31 heavy (non-hydrogen) atoms. The number of nitrogens with zero attached hydrogens (tertiary/aromatic N) is 1. The number of benzene rings is 3. The molecule has 0 unspecified atom stereocenters. The third-order valence-electron chi connectivity index (χ3n) is 4.48. The van der Waals surface area contributed by atoms with Crippen LogP contribution < -0.4 is 5.32 Å². The summed E-state index contributed by atoms with van der Waals surface area (Å²) < 4.78 is 5.40. The van der Waals surface area contributed by atoms with Crippen molar-refractivity contribution in [2.24, 2.45) is 4.99 Å². The number of alkyl carbamates (subject to hydrolysis) is 1. The molecule has 0 saturated heterocycles. The molecule has 0 heterocycles. The highest BCUT2D eigenvalue weighted by Gasteiger charge is 2.20. The second-order valence-electron chi connectivity index (χ2n) is 8.13. The Kier molecular flexibility index (Phi) is 7.48. The van der Waals surface area contributed by atoms with E-state index >= 15 is 0 Å². The van der Waals surface area contributed by atoms with Crippen molar-refractivity contribution in [2.45, 2.75) is 32.4 Å². The first-order valence-electron chi connectivity index (χ1n) is 10.2. The Balaban J connectivity index is 2.01. The van der Waals surface area contributed by atoms with Crippen LogP contribution in [0.5, 0.6) is 0 Å². The van der Waals surface area contributed by atoms with Crippen LogP contribution in [0.3, 0.4) is 0 Å². The molecular weight excluding hydrogens is 408 g/mol. The van der Waals surface area contributed by atoms with Gasteiger partial charge in [0.1, 0.15) is 5.60 Å². The molecule has 0 fully saturated rings. The first kappa shape index (κ1) is 22.6. The lowest BCUT2D eigenvalue weighted by molar-refractivity contribution is 0.0524. The van der Waals surface area contributed by atoms with Crippen molar-refractivity contribution in [2.75, 3.05) is 6.54 Å². The average molecular weight is 435 g/mol. The van der Waals surface area contributed by atoms with E-state index in [4.69, 9.17) is 21.3 Å². The molecule has 0 aromatic heterocycles. The Hall–Kier alpha value is -3.11. The molecule has 0 bridgehead atoms. The van der Waals surface area contributed by atoms with Crippen LogP contribution in [0.1, 0.15) is 43.5 Å². The fraction of sp³-hybridized carbons (Fsp3) is 0.231. The Morgan fingerprint density at radius 1 is 0.903 bits per heavy atom. The van der Waals surface area contributed by atoms with E-state index in [0.717, 1.165) is 22.4 Å². The van der Waals surface area contributed by atoms with E-state index in [9.17, 15) is 4.79 Å². The number of halogens is 1. The van der Waals surface area contributed by atoms with Gasteiger partial charge in [-0.25, -0.2) is 4.79 Å². The number of aliphatic imine (C=N–C) groups is 1. The SMILES string of the molecule is CC(C)(C)OC(=O)NC[C@H](N=C(c1ccccc1)c1ccccc1)c1ccccc1Cl. The highest BCUT2D eigenvalue weighted by Crippen LogP contribution is 2.27. The first-order valence-corrected chi connectivity index (χ1v) is 10.6. The van der Waals surface area contributed by atoms with Crippen LogP contribution in [0.4, 0.5) is 4.79 Å². The summed E-state index contributed by atoms with van der Waals surface area (Å²) in [7, 11) is 0. The molecule has 3 aromatic rings. The molecule has 1 N–H and O–H groups in total. The maximum Gasteiger partial charge on any atom is 0.407 e. The van der Waals surface area contributed by atoms with Crippen LogP contribution in [0.15, 0.2) is 89.9 Å². The summed E-state index contributed by atoms with van der Waals surface area (Å²) in [5.74, 6) is 0. The van der Waals surface area contributed by atoms with Gasteiger partial charge in [0, 0.05) is 22.7 Å². The van der Waals surface area contributed by atoms with Crippen LogP contribution in [0.25, 0.3) is 0 Å². The zero-order valence-electron chi connectivity index (χ0n) is 18.0. The second kappa shape index (κ2) is 10.3. The molecule has 0 aliphatic heterocycles. The molecule has 0 saturated carbocycles. The van der Waals surface area contributed by atoms with Crippen LogP contribution >= 0.6 is 11.6 Å². The molecule has 1 amide bonds. The van der Waals surface area contributed by atoms with Crippen molar-refractivity contribution in [1.82, 2.24) is 5.32 Å². The summed E-state index contributed by atoms with van der Waals surface area (Å²) in [4.78, 5) is 17.4. The van der Waals surface area contributed by atoms with Gasteiger partial charge >= 0.3 is 6.09 Å². The van der Waals surface area contributed by atoms with Crippen LogP contribution in [-0.4, -0.2) is 24.0 Å². The van der Waals surface area contributed by atoms with Crippen LogP contribution in [-0.2, 0) is 4.74 Å². The molecule has 3 rings (SSSR count). The Bertz CT molecular complexity index is 987. The molecule has 0 radical (unpaired) electrons. The van der Waals surface area contributed by atoms with Gasteiger partial charge < -0.3 is 10.1 Å². The van der Waals surface area contributed by atoms with Crippen molar-refractivity contribution in [1.29, 1.82) is 0 Å². The summed E-state index contributed by atoms with van der Waals surface area (Å²) in [5.41, 5.74) is 3.07. The third kappa shape index (κ3) is 6.69. The summed E-state index contributed by atoms with van der Waals surface area (Å²) in [6, 6.07) is 27.1. The summed E-state index contributed by atoms with van der Waals surface area (Å²) in [5, 5.41) is 3.45. The highest BCUT2D eigenvalue weighted by molar-refractivity contribution is 6.31. The van der Waals surface area contributed by atoms with Crippen molar-refractivity contribution in [3.8, 4) is 0 Å². The number of carbonyl (C=O) groups excluding carboxylic acids is 1. The van der Waals surface area contributed by atoms with Gasteiger partial charge in [0.15, 0.2) is 0 Å². The van der Waals surface area contributed by atoms with Crippen LogP contribution in [0, 0.1) is 0 Å². The predicted octanol–water partition coefficient (Wildman–Crippen LogP) is 6.44. The Morgan fingerprint density at radius 3 is 1.94 bits per heavy atom. The van der Waals surface area contributed by atoms with E-state index in [1.165, 1.54) is 0 Å². The zero-order valence-corrected chi connectivity index (χ0v) is 18.8. The second-order valence-corrected chi connectivity index (χ2v) is 8.54. The molecule has 0 aliphatic carbocycles. The van der Waals surface area contributed by atoms with Crippen molar-refractivity contribution >= 4 is 23.4 Å². The van der Waals surface area contributed by atoms with E-state index in [0.29, 0.717) is 5.02 Å². The van der Waals surface area contributed by atoms with Gasteiger partial charge in [-0.1, -0.05) is 90.5 Å². The fourth-order valence-corrected chi connectivity index (χ4v) is 3.39. The predicted molar refractivity (Wildman–Crippen MR) is 127 cm³/mol. The Labute approximate surface area is 188 Å². The third-order valence-corrected chi connectivity index (χ3v) is 4.83. The molecule has 1 atom stereocenters. The molecular formula is C26H27ClN2O2. The first-order chi connectivity index (χ1) is 14.8. The van der Waals surface area contributed by atoms with Gasteiger partial charge in [-0.05, 0) is 32.4 Å². The quantitative estimate of drug-likeness (QED) is 0.453. The van der Waals surface area contributed by atoms with Gasteiger partial charge in [-0.3, -0.25) is 4.99 Å². The van der Waals surface area contributed by atoms with E-state index in [2.05, 4.69) is 5.32 Å². The van der Waals surface area contributed by atoms with Crippen LogP contribution in [0.2, 0.25) is 5.02 Å². The van der Waals surface area contributed by atoms with Crippen molar-refractivity contribution in [3.63, 3.8) is 0 Å².